The lowest BCUT2D eigenvalue weighted by atomic mass is 9.74. The third kappa shape index (κ3) is 4.25. The first-order valence-electron chi connectivity index (χ1n) is 14.9. The molecule has 2 N–H and O–H groups in total. The van der Waals surface area contributed by atoms with Crippen molar-refractivity contribution in [1.29, 1.82) is 15.8 Å². The van der Waals surface area contributed by atoms with E-state index < -0.39 is 6.17 Å². The molecule has 4 aliphatic heterocycles. The molecule has 0 amide bonds. The number of nitrogens with two attached hydrogens (primary N) is 1. The number of hydrogen-bond acceptors (Lipinski definition) is 11. The van der Waals surface area contributed by atoms with Crippen LogP contribution in [0.3, 0.4) is 0 Å². The molecule has 1 aliphatic carbocycles. The van der Waals surface area contributed by atoms with Crippen LogP contribution >= 0.6 is 11.3 Å². The molecular formula is C30H34FN9OS. The van der Waals surface area contributed by atoms with Crippen molar-refractivity contribution in [2.75, 3.05) is 61.4 Å². The van der Waals surface area contributed by atoms with E-state index in [-0.39, 0.29) is 22.9 Å². The van der Waals surface area contributed by atoms with Gasteiger partial charge in [0.2, 0.25) is 0 Å². The molecule has 4 fully saturated rings. The highest BCUT2D eigenvalue weighted by molar-refractivity contribution is 7.16. The van der Waals surface area contributed by atoms with E-state index in [0.717, 1.165) is 50.6 Å². The van der Waals surface area contributed by atoms with Crippen molar-refractivity contribution in [2.45, 2.75) is 68.5 Å². The Bertz CT molecular complexity index is 1530. The van der Waals surface area contributed by atoms with Gasteiger partial charge in [-0.3, -0.25) is 4.90 Å². The summed E-state index contributed by atoms with van der Waals surface area (Å²) in [5.41, 5.74) is 7.74. The number of aryl methyl sites for hydroxylation is 1. The van der Waals surface area contributed by atoms with Crippen LogP contribution in [0.1, 0.15) is 66.5 Å². The van der Waals surface area contributed by atoms with Gasteiger partial charge in [-0.05, 0) is 57.1 Å². The number of aromatic nitrogens is 2. The van der Waals surface area contributed by atoms with Gasteiger partial charge in [0, 0.05) is 55.4 Å². The Morgan fingerprint density at radius 1 is 1.00 bits per heavy atom. The predicted molar refractivity (Wildman–Crippen MR) is 156 cm³/mol. The number of hydrogen-bond donors (Lipinski definition) is 1. The summed E-state index contributed by atoms with van der Waals surface area (Å²) >= 11 is 1.52. The number of anilines is 3. The van der Waals surface area contributed by atoms with Crippen LogP contribution in [0.2, 0.25) is 0 Å². The largest absolute Gasteiger partial charge is 0.461 e. The Kier molecular flexibility index (Phi) is 6.64. The normalized spacial score (nSPS) is 28.0. The maximum Gasteiger partial charge on any atom is 0.320 e. The standard InChI is InChI=1S/C30H34FN9OS/c31-20-11-30(6-2-9-40(30)15-20)18-41-28-36-26(38-8-1-3-19(12-32)5-10-38)22(14-34)27(37-28)39-16-29(17-39)7-4-23-24(29)21(13-33)25(35)42-23/h19-20H,1-11,15-18,35H2/t19?,20-,30+/m1/s1. The maximum atomic E-state index is 14.4. The summed E-state index contributed by atoms with van der Waals surface area (Å²) in [5.74, 6) is 1.06. The minimum Gasteiger partial charge on any atom is -0.461 e. The third-order valence-electron chi connectivity index (χ3n) is 10.2. The number of alkyl halides is 1. The highest BCUT2D eigenvalue weighted by atomic mass is 32.1. The molecule has 4 saturated heterocycles. The summed E-state index contributed by atoms with van der Waals surface area (Å²) in [6.07, 6.45) is 5.69. The van der Waals surface area contributed by atoms with Crippen LogP contribution in [-0.2, 0) is 11.8 Å². The van der Waals surface area contributed by atoms with Crippen molar-refractivity contribution in [1.82, 2.24) is 14.9 Å². The van der Waals surface area contributed by atoms with Gasteiger partial charge in [0.15, 0.2) is 11.6 Å². The van der Waals surface area contributed by atoms with E-state index in [1.807, 2.05) is 0 Å². The van der Waals surface area contributed by atoms with Crippen molar-refractivity contribution in [3.63, 3.8) is 0 Å². The van der Waals surface area contributed by atoms with Gasteiger partial charge in [-0.15, -0.1) is 11.3 Å². The molecule has 3 atom stereocenters. The Labute approximate surface area is 249 Å². The van der Waals surface area contributed by atoms with E-state index in [1.165, 1.54) is 16.2 Å². The average molecular weight is 588 g/mol. The smallest absolute Gasteiger partial charge is 0.320 e. The average Bonchev–Trinajstić information content (AvgIpc) is 3.63. The van der Waals surface area contributed by atoms with Crippen molar-refractivity contribution >= 4 is 28.0 Å². The number of ether oxygens (including phenoxy) is 1. The second kappa shape index (κ2) is 10.3. The lowest BCUT2D eigenvalue weighted by Gasteiger charge is -2.49. The van der Waals surface area contributed by atoms with Gasteiger partial charge >= 0.3 is 6.01 Å². The molecule has 1 spiro atoms. The number of halogens is 1. The minimum absolute atomic E-state index is 0.0137. The number of nitrogen functional groups attached to an aromatic ring is 1. The topological polar surface area (TPSA) is 142 Å². The second-order valence-electron chi connectivity index (χ2n) is 12.6. The third-order valence-corrected chi connectivity index (χ3v) is 11.2. The second-order valence-corrected chi connectivity index (χ2v) is 13.8. The van der Waals surface area contributed by atoms with E-state index in [4.69, 9.17) is 20.4 Å². The monoisotopic (exact) mass is 587 g/mol. The highest BCUT2D eigenvalue weighted by Gasteiger charge is 2.53. The van der Waals surface area contributed by atoms with Crippen LogP contribution in [0, 0.1) is 39.9 Å². The predicted octanol–water partition coefficient (Wildman–Crippen LogP) is 3.65. The summed E-state index contributed by atoms with van der Waals surface area (Å²) in [7, 11) is 0. The molecule has 10 nitrogen and oxygen atoms in total. The van der Waals surface area contributed by atoms with Crippen LogP contribution in [-0.4, -0.2) is 72.5 Å². The molecule has 12 heteroatoms. The van der Waals surface area contributed by atoms with E-state index in [0.29, 0.717) is 79.9 Å². The number of fused-ring (bicyclic) bond motifs is 3. The minimum atomic E-state index is -0.856. The fraction of sp³-hybridized carbons (Fsp3) is 0.633. The molecule has 0 bridgehead atoms. The Morgan fingerprint density at radius 3 is 2.55 bits per heavy atom. The quantitative estimate of drug-likeness (QED) is 0.551. The summed E-state index contributed by atoms with van der Waals surface area (Å²) in [6, 6.07) is 7.32. The van der Waals surface area contributed by atoms with Gasteiger partial charge < -0.3 is 20.3 Å². The van der Waals surface area contributed by atoms with Gasteiger partial charge in [0.25, 0.3) is 0 Å². The van der Waals surface area contributed by atoms with E-state index in [9.17, 15) is 20.2 Å². The molecule has 2 aromatic heterocycles. The van der Waals surface area contributed by atoms with Crippen LogP contribution in [0.15, 0.2) is 0 Å². The first-order chi connectivity index (χ1) is 20.4. The molecule has 218 valence electrons. The zero-order chi connectivity index (χ0) is 29.1. The first-order valence-corrected chi connectivity index (χ1v) is 15.8. The summed E-state index contributed by atoms with van der Waals surface area (Å²) in [5, 5.41) is 30.4. The van der Waals surface area contributed by atoms with Crippen molar-refractivity contribution in [3.05, 3.63) is 21.6 Å². The fourth-order valence-electron chi connectivity index (χ4n) is 8.10. The fourth-order valence-corrected chi connectivity index (χ4v) is 9.24. The van der Waals surface area contributed by atoms with Gasteiger partial charge in [0.05, 0.1) is 17.2 Å². The van der Waals surface area contributed by atoms with Gasteiger partial charge in [0.1, 0.15) is 35.5 Å². The zero-order valence-electron chi connectivity index (χ0n) is 23.6. The van der Waals surface area contributed by atoms with E-state index in [2.05, 4.69) is 32.9 Å². The van der Waals surface area contributed by atoms with Crippen LogP contribution in [0.5, 0.6) is 6.01 Å². The van der Waals surface area contributed by atoms with Gasteiger partial charge in [-0.25, -0.2) is 4.39 Å². The van der Waals surface area contributed by atoms with Crippen LogP contribution in [0.25, 0.3) is 0 Å². The molecule has 0 radical (unpaired) electrons. The number of nitrogens with zero attached hydrogens (tertiary/aromatic N) is 8. The zero-order valence-corrected chi connectivity index (χ0v) is 24.4. The molecule has 0 saturated carbocycles. The SMILES string of the molecule is N#Cc1c(N2CCCC(C#N)CC2)nc(OC[C@@]23CCCN2C[C@H](F)C3)nc1N1CC2(CCc3sc(N)c(C#N)c32)C1. The van der Waals surface area contributed by atoms with Crippen LogP contribution in [0.4, 0.5) is 21.0 Å². The molecule has 2 aromatic rings. The van der Waals surface area contributed by atoms with Gasteiger partial charge in [-0.1, -0.05) is 0 Å². The van der Waals surface area contributed by atoms with E-state index >= 15 is 0 Å². The number of nitriles is 3. The summed E-state index contributed by atoms with van der Waals surface area (Å²) in [4.78, 5) is 17.2. The lowest BCUT2D eigenvalue weighted by Crippen LogP contribution is -2.59. The lowest BCUT2D eigenvalue weighted by molar-refractivity contribution is 0.107. The van der Waals surface area contributed by atoms with Crippen molar-refractivity contribution in [3.8, 4) is 24.2 Å². The van der Waals surface area contributed by atoms with Crippen molar-refractivity contribution in [2.24, 2.45) is 5.92 Å². The molecular weight excluding hydrogens is 553 g/mol. The summed E-state index contributed by atoms with van der Waals surface area (Å²) in [6.45, 7) is 4.20. The molecule has 5 aliphatic rings. The number of thiophene rings is 1. The number of rotatable bonds is 5. The first kappa shape index (κ1) is 27.2. The highest BCUT2D eigenvalue weighted by Crippen LogP contribution is 2.53. The Morgan fingerprint density at radius 2 is 1.79 bits per heavy atom. The molecule has 6 heterocycles. The summed E-state index contributed by atoms with van der Waals surface area (Å²) < 4.78 is 20.7. The van der Waals surface area contributed by atoms with Crippen LogP contribution < -0.4 is 20.3 Å². The van der Waals surface area contributed by atoms with Crippen molar-refractivity contribution < 1.29 is 9.13 Å². The Hall–Kier alpha value is -3.66. The molecule has 7 rings (SSSR count). The van der Waals surface area contributed by atoms with E-state index in [1.54, 1.807) is 0 Å². The van der Waals surface area contributed by atoms with Gasteiger partial charge in [-0.2, -0.15) is 25.8 Å². The molecule has 1 unspecified atom stereocenters. The Balaban J connectivity index is 1.22. The molecule has 42 heavy (non-hydrogen) atoms. The molecule has 0 aromatic carbocycles. The maximum absolute atomic E-state index is 14.4.